The van der Waals surface area contributed by atoms with E-state index in [1.807, 2.05) is 13.0 Å². The molecule has 0 aliphatic carbocycles. The molecule has 0 aliphatic heterocycles. The van der Waals surface area contributed by atoms with Gasteiger partial charge in [-0.25, -0.2) is 9.37 Å². The smallest absolute Gasteiger partial charge is 0.180 e. The highest BCUT2D eigenvalue weighted by Crippen LogP contribution is 2.22. The van der Waals surface area contributed by atoms with Gasteiger partial charge in [-0.1, -0.05) is 6.07 Å². The van der Waals surface area contributed by atoms with Crippen molar-refractivity contribution in [1.82, 2.24) is 10.3 Å². The molecular formula is C13H16FN3OS. The molecule has 1 heterocycles. The van der Waals surface area contributed by atoms with Gasteiger partial charge in [0.25, 0.3) is 0 Å². The number of hydrogen-bond acceptors (Lipinski definition) is 5. The molecule has 102 valence electrons. The van der Waals surface area contributed by atoms with Crippen molar-refractivity contribution in [1.29, 1.82) is 0 Å². The summed E-state index contributed by atoms with van der Waals surface area (Å²) in [5, 5.41) is 3.86. The number of nitrogens with two attached hydrogens (primary N) is 1. The molecule has 19 heavy (non-hydrogen) atoms. The first-order valence-corrected chi connectivity index (χ1v) is 6.69. The fourth-order valence-electron chi connectivity index (χ4n) is 1.73. The summed E-state index contributed by atoms with van der Waals surface area (Å²) in [7, 11) is 1.45. The maximum Gasteiger partial charge on any atom is 0.180 e. The summed E-state index contributed by atoms with van der Waals surface area (Å²) in [5.74, 6) is -0.0955. The van der Waals surface area contributed by atoms with Gasteiger partial charge in [-0.3, -0.25) is 0 Å². The molecule has 0 radical (unpaired) electrons. The molecule has 0 saturated heterocycles. The molecule has 2 rings (SSSR count). The lowest BCUT2D eigenvalue weighted by Gasteiger charge is -2.14. The second-order valence-corrected chi connectivity index (χ2v) is 5.31. The van der Waals surface area contributed by atoms with E-state index in [1.165, 1.54) is 24.5 Å². The zero-order valence-electron chi connectivity index (χ0n) is 10.8. The van der Waals surface area contributed by atoms with E-state index in [1.54, 1.807) is 12.3 Å². The highest BCUT2D eigenvalue weighted by molar-refractivity contribution is 7.15. The van der Waals surface area contributed by atoms with E-state index >= 15 is 0 Å². The van der Waals surface area contributed by atoms with Gasteiger partial charge in [-0.15, -0.1) is 11.3 Å². The molecule has 0 bridgehead atoms. The number of nitrogens with zero attached hydrogens (tertiary/aromatic N) is 1. The van der Waals surface area contributed by atoms with Gasteiger partial charge < -0.3 is 15.8 Å². The van der Waals surface area contributed by atoms with Gasteiger partial charge >= 0.3 is 0 Å². The van der Waals surface area contributed by atoms with E-state index < -0.39 is 0 Å². The predicted octanol–water partition coefficient (Wildman–Crippen LogP) is 2.72. The Bertz CT molecular complexity index is 559. The Kier molecular flexibility index (Phi) is 4.34. The molecule has 0 aliphatic rings. The highest BCUT2D eigenvalue weighted by Gasteiger charge is 2.09. The van der Waals surface area contributed by atoms with E-state index in [4.69, 9.17) is 10.5 Å². The Morgan fingerprint density at radius 1 is 1.53 bits per heavy atom. The number of anilines is 1. The molecule has 0 saturated carbocycles. The number of nitrogen functional groups attached to an aromatic ring is 1. The van der Waals surface area contributed by atoms with Crippen LogP contribution in [0.4, 0.5) is 9.52 Å². The van der Waals surface area contributed by atoms with E-state index in [0.29, 0.717) is 11.7 Å². The van der Waals surface area contributed by atoms with Gasteiger partial charge in [-0.2, -0.15) is 0 Å². The third kappa shape index (κ3) is 3.42. The van der Waals surface area contributed by atoms with Crippen LogP contribution in [-0.2, 0) is 6.54 Å². The summed E-state index contributed by atoms with van der Waals surface area (Å²) < 4.78 is 18.5. The minimum Gasteiger partial charge on any atom is -0.494 e. The van der Waals surface area contributed by atoms with Crippen molar-refractivity contribution in [3.05, 3.63) is 40.7 Å². The highest BCUT2D eigenvalue weighted by atomic mass is 32.1. The standard InChI is InChI=1S/C13H16FN3OS/c1-8(16-6-10-7-17-13(15)19-10)9-3-4-12(18-2)11(14)5-9/h3-5,7-8,16H,6H2,1-2H3,(H2,15,17). The van der Waals surface area contributed by atoms with Crippen LogP contribution in [-0.4, -0.2) is 12.1 Å². The van der Waals surface area contributed by atoms with Gasteiger partial charge in [0.15, 0.2) is 16.7 Å². The lowest BCUT2D eigenvalue weighted by atomic mass is 10.1. The fourth-order valence-corrected chi connectivity index (χ4v) is 2.36. The second-order valence-electron chi connectivity index (χ2n) is 4.16. The summed E-state index contributed by atoms with van der Waals surface area (Å²) in [6, 6.07) is 5.00. The van der Waals surface area contributed by atoms with Crippen molar-refractivity contribution < 1.29 is 9.13 Å². The van der Waals surface area contributed by atoms with E-state index in [0.717, 1.165) is 10.4 Å². The number of halogens is 1. The Labute approximate surface area is 115 Å². The van der Waals surface area contributed by atoms with Crippen LogP contribution >= 0.6 is 11.3 Å². The lowest BCUT2D eigenvalue weighted by Crippen LogP contribution is -2.17. The number of ether oxygens (including phenoxy) is 1. The first-order chi connectivity index (χ1) is 9.10. The van der Waals surface area contributed by atoms with Gasteiger partial charge in [0.1, 0.15) is 0 Å². The van der Waals surface area contributed by atoms with Crippen molar-refractivity contribution in [2.24, 2.45) is 0 Å². The molecule has 1 atom stereocenters. The van der Waals surface area contributed by atoms with Gasteiger partial charge in [0.2, 0.25) is 0 Å². The summed E-state index contributed by atoms with van der Waals surface area (Å²) in [6.45, 7) is 2.63. The summed E-state index contributed by atoms with van der Waals surface area (Å²) >= 11 is 1.44. The molecule has 0 fully saturated rings. The van der Waals surface area contributed by atoms with Crippen LogP contribution < -0.4 is 15.8 Å². The van der Waals surface area contributed by atoms with Crippen LogP contribution in [0.3, 0.4) is 0 Å². The number of nitrogens with one attached hydrogen (secondary N) is 1. The predicted molar refractivity (Wildman–Crippen MR) is 74.7 cm³/mol. The molecule has 0 amide bonds. The van der Waals surface area contributed by atoms with Crippen LogP contribution in [0.15, 0.2) is 24.4 Å². The molecule has 6 heteroatoms. The third-order valence-electron chi connectivity index (χ3n) is 2.83. The average molecular weight is 281 g/mol. The quantitative estimate of drug-likeness (QED) is 0.884. The molecular weight excluding hydrogens is 265 g/mol. The largest absolute Gasteiger partial charge is 0.494 e. The topological polar surface area (TPSA) is 60.2 Å². The number of methoxy groups -OCH3 is 1. The summed E-state index contributed by atoms with van der Waals surface area (Å²) in [4.78, 5) is 5.04. The monoisotopic (exact) mass is 281 g/mol. The van der Waals surface area contributed by atoms with E-state index in [9.17, 15) is 4.39 Å². The van der Waals surface area contributed by atoms with E-state index in [2.05, 4.69) is 10.3 Å². The maximum atomic E-state index is 13.6. The first kappa shape index (κ1) is 13.8. The van der Waals surface area contributed by atoms with Crippen molar-refractivity contribution >= 4 is 16.5 Å². The van der Waals surface area contributed by atoms with Gasteiger partial charge in [0.05, 0.1) is 7.11 Å². The van der Waals surface area contributed by atoms with Crippen molar-refractivity contribution in [3.8, 4) is 5.75 Å². The normalized spacial score (nSPS) is 12.4. The van der Waals surface area contributed by atoms with Gasteiger partial charge in [0, 0.05) is 23.7 Å². The molecule has 3 N–H and O–H groups in total. The number of rotatable bonds is 5. The lowest BCUT2D eigenvalue weighted by molar-refractivity contribution is 0.385. The van der Waals surface area contributed by atoms with E-state index in [-0.39, 0.29) is 17.6 Å². The molecule has 1 unspecified atom stereocenters. The summed E-state index contributed by atoms with van der Waals surface area (Å²) in [5.41, 5.74) is 6.44. The SMILES string of the molecule is COc1ccc(C(C)NCc2cnc(N)s2)cc1F. The van der Waals surface area contributed by atoms with Crippen LogP contribution in [0.1, 0.15) is 23.4 Å². The second kappa shape index (κ2) is 5.99. The summed E-state index contributed by atoms with van der Waals surface area (Å²) in [6.07, 6.45) is 1.74. The number of thiazole rings is 1. The van der Waals surface area contributed by atoms with Crippen LogP contribution in [0, 0.1) is 5.82 Å². The Hall–Kier alpha value is -1.66. The zero-order valence-corrected chi connectivity index (χ0v) is 11.6. The molecule has 0 spiro atoms. The van der Waals surface area contributed by atoms with Crippen LogP contribution in [0.25, 0.3) is 0 Å². The van der Waals surface area contributed by atoms with Crippen molar-refractivity contribution in [2.75, 3.05) is 12.8 Å². The number of benzene rings is 1. The fraction of sp³-hybridized carbons (Fsp3) is 0.308. The average Bonchev–Trinajstić information content (AvgIpc) is 2.81. The van der Waals surface area contributed by atoms with Gasteiger partial charge in [-0.05, 0) is 24.6 Å². The van der Waals surface area contributed by atoms with Crippen molar-refractivity contribution in [3.63, 3.8) is 0 Å². The zero-order chi connectivity index (χ0) is 13.8. The Morgan fingerprint density at radius 3 is 2.89 bits per heavy atom. The minimum atomic E-state index is -0.351. The number of aromatic nitrogens is 1. The Morgan fingerprint density at radius 2 is 2.32 bits per heavy atom. The molecule has 4 nitrogen and oxygen atoms in total. The van der Waals surface area contributed by atoms with Crippen LogP contribution in [0.2, 0.25) is 0 Å². The maximum absolute atomic E-state index is 13.6. The van der Waals surface area contributed by atoms with Crippen molar-refractivity contribution in [2.45, 2.75) is 19.5 Å². The third-order valence-corrected chi connectivity index (χ3v) is 3.66. The molecule has 2 aromatic rings. The van der Waals surface area contributed by atoms with Crippen LogP contribution in [0.5, 0.6) is 5.75 Å². The molecule has 1 aromatic heterocycles. The minimum absolute atomic E-state index is 0.0312. The first-order valence-electron chi connectivity index (χ1n) is 5.87. The number of hydrogen-bond donors (Lipinski definition) is 2. The molecule has 1 aromatic carbocycles. The Balaban J connectivity index is 1.99.